The Morgan fingerprint density at radius 1 is 1.03 bits per heavy atom. The summed E-state index contributed by atoms with van der Waals surface area (Å²) in [6, 6.07) is 0. The smallest absolute Gasteiger partial charge is 0.250 e. The Kier molecular flexibility index (Phi) is 8.44. The van der Waals surface area contributed by atoms with E-state index >= 15 is 0 Å². The molecule has 1 aromatic heterocycles. The summed E-state index contributed by atoms with van der Waals surface area (Å²) >= 11 is 1.37. The van der Waals surface area contributed by atoms with E-state index in [0.717, 1.165) is 29.8 Å². The van der Waals surface area contributed by atoms with Gasteiger partial charge in [-0.15, -0.1) is 11.3 Å². The van der Waals surface area contributed by atoms with E-state index in [1.165, 1.54) is 16.2 Å². The number of anilines is 1. The summed E-state index contributed by atoms with van der Waals surface area (Å²) in [6.45, 7) is 13.1. The molecular formula is C26H44N2O5S3. The van der Waals surface area contributed by atoms with Gasteiger partial charge in [0.05, 0.1) is 21.4 Å². The molecule has 10 heteroatoms. The van der Waals surface area contributed by atoms with E-state index in [0.29, 0.717) is 43.7 Å². The topological polar surface area (TPSA) is 101 Å². The Bertz CT molecular complexity index is 1170. The third-order valence-electron chi connectivity index (χ3n) is 7.88. The van der Waals surface area contributed by atoms with Crippen molar-refractivity contribution >= 4 is 42.1 Å². The molecule has 0 unspecified atom stereocenters. The molecule has 3 rings (SSSR count). The molecule has 1 amide bonds. The van der Waals surface area contributed by atoms with Gasteiger partial charge in [-0.1, -0.05) is 47.0 Å². The SMILES string of the molecule is CCCS(=O)(=O)C(C)(C)CN(C(=O)C1(S(=O)(=O)C2CCCCC2)CCC1)c1nc(C)c(C(C)(C)C)s1. The summed E-state index contributed by atoms with van der Waals surface area (Å²) in [5.41, 5.74) is 0.577. The van der Waals surface area contributed by atoms with Crippen molar-refractivity contribution in [2.24, 2.45) is 0 Å². The number of carbonyl (C=O) groups excluding carboxylic acids is 1. The van der Waals surface area contributed by atoms with E-state index in [1.54, 1.807) is 13.8 Å². The van der Waals surface area contributed by atoms with Gasteiger partial charge >= 0.3 is 0 Å². The summed E-state index contributed by atoms with van der Waals surface area (Å²) in [7, 11) is -7.27. The molecule has 1 heterocycles. The van der Waals surface area contributed by atoms with E-state index in [2.05, 4.69) is 20.8 Å². The lowest BCUT2D eigenvalue weighted by Gasteiger charge is -2.45. The molecule has 36 heavy (non-hydrogen) atoms. The number of carbonyl (C=O) groups is 1. The quantitative estimate of drug-likeness (QED) is 0.403. The maximum atomic E-state index is 14.4. The molecule has 1 aromatic rings. The predicted molar refractivity (Wildman–Crippen MR) is 148 cm³/mol. The number of hydrogen-bond donors (Lipinski definition) is 0. The van der Waals surface area contributed by atoms with Gasteiger partial charge in [-0.2, -0.15) is 0 Å². The van der Waals surface area contributed by atoms with E-state index in [-0.39, 0.29) is 17.7 Å². The highest BCUT2D eigenvalue weighted by molar-refractivity contribution is 7.94. The van der Waals surface area contributed by atoms with Crippen molar-refractivity contribution < 1.29 is 21.6 Å². The lowest BCUT2D eigenvalue weighted by Crippen LogP contribution is -2.62. The summed E-state index contributed by atoms with van der Waals surface area (Å²) in [6.07, 6.45) is 5.67. The van der Waals surface area contributed by atoms with Crippen LogP contribution in [0.2, 0.25) is 0 Å². The summed E-state index contributed by atoms with van der Waals surface area (Å²) in [5, 5.41) is -0.107. The normalized spacial score (nSPS) is 19.6. The van der Waals surface area contributed by atoms with E-state index in [1.807, 2.05) is 13.8 Å². The van der Waals surface area contributed by atoms with Crippen LogP contribution in [0, 0.1) is 6.92 Å². The van der Waals surface area contributed by atoms with Crippen LogP contribution in [0.4, 0.5) is 5.13 Å². The number of aromatic nitrogens is 1. The Morgan fingerprint density at radius 2 is 1.61 bits per heavy atom. The fourth-order valence-electron chi connectivity index (χ4n) is 5.50. The van der Waals surface area contributed by atoms with Crippen molar-refractivity contribution in [2.45, 2.75) is 126 Å². The zero-order chi connectivity index (χ0) is 27.2. The molecule has 0 aromatic carbocycles. The van der Waals surface area contributed by atoms with Crippen LogP contribution >= 0.6 is 11.3 Å². The van der Waals surface area contributed by atoms with E-state index in [4.69, 9.17) is 4.98 Å². The highest BCUT2D eigenvalue weighted by Crippen LogP contribution is 2.47. The Labute approximate surface area is 222 Å². The number of hydrogen-bond acceptors (Lipinski definition) is 7. The molecule has 0 bridgehead atoms. The first-order valence-corrected chi connectivity index (χ1v) is 17.3. The lowest BCUT2D eigenvalue weighted by molar-refractivity contribution is -0.123. The highest BCUT2D eigenvalue weighted by Gasteiger charge is 2.59. The number of nitrogens with zero attached hydrogens (tertiary/aromatic N) is 2. The molecule has 2 aliphatic rings. The largest absolute Gasteiger partial charge is 0.285 e. The molecule has 0 radical (unpaired) electrons. The van der Waals surface area contributed by atoms with Crippen molar-refractivity contribution in [3.05, 3.63) is 10.6 Å². The molecule has 0 N–H and O–H groups in total. The minimum Gasteiger partial charge on any atom is -0.285 e. The van der Waals surface area contributed by atoms with Crippen molar-refractivity contribution in [3.8, 4) is 0 Å². The van der Waals surface area contributed by atoms with Crippen molar-refractivity contribution in [1.82, 2.24) is 4.98 Å². The minimum atomic E-state index is -3.74. The van der Waals surface area contributed by atoms with Gasteiger partial charge in [0.15, 0.2) is 29.6 Å². The van der Waals surface area contributed by atoms with Crippen LogP contribution in [0.3, 0.4) is 0 Å². The van der Waals surface area contributed by atoms with Crippen molar-refractivity contribution in [3.63, 3.8) is 0 Å². The van der Waals surface area contributed by atoms with Crippen LogP contribution in [0.1, 0.15) is 110 Å². The Morgan fingerprint density at radius 3 is 2.06 bits per heavy atom. The van der Waals surface area contributed by atoms with Crippen LogP contribution in [-0.2, 0) is 29.9 Å². The van der Waals surface area contributed by atoms with Gasteiger partial charge in [0.2, 0.25) is 5.91 Å². The number of aryl methyl sites for hydroxylation is 1. The number of amides is 1. The second-order valence-corrected chi connectivity index (χ2v) is 18.5. The first kappa shape index (κ1) is 29.6. The highest BCUT2D eigenvalue weighted by atomic mass is 32.2. The maximum absolute atomic E-state index is 14.4. The van der Waals surface area contributed by atoms with E-state index < -0.39 is 40.3 Å². The summed E-state index contributed by atoms with van der Waals surface area (Å²) < 4.78 is 51.6. The van der Waals surface area contributed by atoms with Gasteiger partial charge in [-0.3, -0.25) is 9.69 Å². The molecule has 206 valence electrons. The van der Waals surface area contributed by atoms with Crippen molar-refractivity contribution in [2.75, 3.05) is 17.2 Å². The first-order valence-electron chi connectivity index (χ1n) is 13.3. The first-order chi connectivity index (χ1) is 16.5. The minimum absolute atomic E-state index is 0.0116. The van der Waals surface area contributed by atoms with Crippen LogP contribution in [0.25, 0.3) is 0 Å². The third-order valence-corrected chi connectivity index (χ3v) is 15.3. The Hall–Kier alpha value is -1.00. The zero-order valence-electron chi connectivity index (χ0n) is 23.0. The lowest BCUT2D eigenvalue weighted by atomic mass is 9.83. The molecule has 0 aliphatic heterocycles. The summed E-state index contributed by atoms with van der Waals surface area (Å²) in [4.78, 5) is 21.5. The zero-order valence-corrected chi connectivity index (χ0v) is 25.5. The van der Waals surface area contributed by atoms with Crippen LogP contribution < -0.4 is 4.90 Å². The van der Waals surface area contributed by atoms with Gasteiger partial charge in [-0.05, 0) is 64.7 Å². The molecule has 2 aliphatic carbocycles. The summed E-state index contributed by atoms with van der Waals surface area (Å²) in [5.74, 6) is -0.481. The standard InChI is InChI=1S/C26H44N2O5S3/c1-8-17-35(30,31)25(6,7)18-28(23-27-19(2)21(34-23)24(3,4)5)22(29)26(15-12-16-26)36(32,33)20-13-10-9-11-14-20/h20H,8-18H2,1-7H3. The average molecular weight is 561 g/mol. The number of thiazole rings is 1. The van der Waals surface area contributed by atoms with E-state index in [9.17, 15) is 21.6 Å². The fourth-order valence-corrected chi connectivity index (χ4v) is 10.8. The molecule has 2 fully saturated rings. The van der Waals surface area contributed by atoms with Crippen molar-refractivity contribution in [1.29, 1.82) is 0 Å². The third kappa shape index (κ3) is 5.28. The van der Waals surface area contributed by atoms with Gasteiger partial charge in [0.25, 0.3) is 0 Å². The fraction of sp³-hybridized carbons (Fsp3) is 0.846. The van der Waals surface area contributed by atoms with Crippen LogP contribution in [-0.4, -0.2) is 54.8 Å². The van der Waals surface area contributed by atoms with Gasteiger partial charge < -0.3 is 0 Å². The van der Waals surface area contributed by atoms with Gasteiger partial charge in [0, 0.05) is 11.4 Å². The van der Waals surface area contributed by atoms with Crippen LogP contribution in [0.15, 0.2) is 0 Å². The monoisotopic (exact) mass is 560 g/mol. The second-order valence-electron chi connectivity index (χ2n) is 12.3. The maximum Gasteiger partial charge on any atom is 0.250 e. The molecule has 0 spiro atoms. The predicted octanol–water partition coefficient (Wildman–Crippen LogP) is 5.36. The van der Waals surface area contributed by atoms with Gasteiger partial charge in [0.1, 0.15) is 0 Å². The number of rotatable bonds is 9. The molecule has 7 nitrogen and oxygen atoms in total. The molecule has 0 saturated heterocycles. The van der Waals surface area contributed by atoms with Gasteiger partial charge in [-0.25, -0.2) is 21.8 Å². The van der Waals surface area contributed by atoms with Crippen LogP contribution in [0.5, 0.6) is 0 Å². The molecule has 2 saturated carbocycles. The Balaban J connectivity index is 2.11. The number of sulfone groups is 2. The average Bonchev–Trinajstić information content (AvgIpc) is 3.13. The molecular weight excluding hydrogens is 516 g/mol. The molecule has 0 atom stereocenters. The second kappa shape index (κ2) is 10.3.